The van der Waals surface area contributed by atoms with E-state index >= 15 is 0 Å². The van der Waals surface area contributed by atoms with Gasteiger partial charge in [0.2, 0.25) is 0 Å². The molecule has 1 fully saturated rings. The van der Waals surface area contributed by atoms with Gasteiger partial charge in [-0.1, -0.05) is 0 Å². The molecule has 0 saturated carbocycles. The van der Waals surface area contributed by atoms with E-state index in [0.29, 0.717) is 0 Å². The number of carbonyl (C=O) groups excluding carboxylic acids is 1. The number of rotatable bonds is 0. The molecule has 0 unspecified atom stereocenters. The summed E-state index contributed by atoms with van der Waals surface area (Å²) in [7, 11) is 1.78. The van der Waals surface area contributed by atoms with Crippen LogP contribution < -0.4 is 5.32 Å². The molecule has 3 heteroatoms. The average Bonchev–Trinajstić information content (AvgIpc) is 1.91. The Morgan fingerprint density at radius 2 is 2.71 bits per heavy atom. The summed E-state index contributed by atoms with van der Waals surface area (Å²) in [4.78, 5) is 12.0. The van der Waals surface area contributed by atoms with Crippen LogP contribution in [0.25, 0.3) is 0 Å². The Labute approximate surface area is 43.8 Å². The molecule has 0 aromatic rings. The molecule has 7 heavy (non-hydrogen) atoms. The second kappa shape index (κ2) is 1.40. The topological polar surface area (TPSA) is 32.3 Å². The molecule has 0 aromatic heterocycles. The Morgan fingerprint density at radius 1 is 2.00 bits per heavy atom. The number of hydrogen-bond donors (Lipinski definition) is 1. The van der Waals surface area contributed by atoms with E-state index in [4.69, 9.17) is 0 Å². The zero-order chi connectivity index (χ0) is 5.28. The molecule has 42 valence electrons. The fourth-order valence-corrected chi connectivity index (χ4v) is 0.567. The summed E-state index contributed by atoms with van der Waals surface area (Å²) >= 11 is 0. The van der Waals surface area contributed by atoms with Crippen molar-refractivity contribution in [1.82, 2.24) is 10.2 Å². The van der Waals surface area contributed by atoms with Crippen molar-refractivity contribution in [3.63, 3.8) is 0 Å². The second-order valence-electron chi connectivity index (χ2n) is 1.65. The third-order valence-corrected chi connectivity index (χ3v) is 1.07. The lowest BCUT2D eigenvalue weighted by molar-refractivity contribution is 0.226. The first-order valence-electron chi connectivity index (χ1n) is 2.29. The van der Waals surface area contributed by atoms with Crippen LogP contribution in [-0.2, 0) is 0 Å². The maximum absolute atomic E-state index is 10.4. The highest BCUT2D eigenvalue weighted by atomic mass is 16.2. The molecular weight excluding hydrogens is 92.1 g/mol. The van der Waals surface area contributed by atoms with Crippen LogP contribution in [0.2, 0.25) is 0 Å². The Kier molecular flexibility index (Phi) is 0.889. The third kappa shape index (κ3) is 0.656. The summed E-state index contributed by atoms with van der Waals surface area (Å²) in [5.41, 5.74) is 0. The molecule has 1 aliphatic rings. The molecule has 1 rings (SSSR count). The van der Waals surface area contributed by atoms with Gasteiger partial charge in [-0.25, -0.2) is 4.79 Å². The van der Waals surface area contributed by atoms with Crippen LogP contribution in [0.4, 0.5) is 4.79 Å². The van der Waals surface area contributed by atoms with Crippen LogP contribution >= 0.6 is 0 Å². The van der Waals surface area contributed by atoms with Crippen LogP contribution in [0, 0.1) is 0 Å². The summed E-state index contributed by atoms with van der Waals surface area (Å²) in [6.45, 7) is 1.65. The van der Waals surface area contributed by atoms with Gasteiger partial charge in [0.05, 0.1) is 0 Å². The molecular formula is C4H10N2O. The fraction of sp³-hybridized carbons (Fsp3) is 0.750. The minimum atomic E-state index is 0. The van der Waals surface area contributed by atoms with E-state index in [0.717, 1.165) is 13.1 Å². The fourth-order valence-electron chi connectivity index (χ4n) is 0.567. The summed E-state index contributed by atoms with van der Waals surface area (Å²) < 4.78 is 0. The van der Waals surface area contributed by atoms with E-state index < -0.39 is 0 Å². The lowest BCUT2D eigenvalue weighted by atomic mass is 10.7. The Morgan fingerprint density at radius 3 is 2.86 bits per heavy atom. The summed E-state index contributed by atoms with van der Waals surface area (Å²) in [6.07, 6.45) is 0. The third-order valence-electron chi connectivity index (χ3n) is 1.07. The first kappa shape index (κ1) is 4.43. The predicted molar refractivity (Wildman–Crippen MR) is 28.1 cm³/mol. The average molecular weight is 102 g/mol. The molecule has 0 radical (unpaired) electrons. The zero-order valence-corrected chi connectivity index (χ0v) is 4.27. The van der Waals surface area contributed by atoms with E-state index in [9.17, 15) is 4.79 Å². The molecule has 1 N–H and O–H groups in total. The largest absolute Gasteiger partial charge is 0.336 e. The number of amides is 2. The van der Waals surface area contributed by atoms with Crippen LogP contribution in [0.1, 0.15) is 1.43 Å². The Balaban J connectivity index is 0.000000490. The van der Waals surface area contributed by atoms with E-state index in [2.05, 4.69) is 5.32 Å². The first-order chi connectivity index (χ1) is 3.30. The van der Waals surface area contributed by atoms with Gasteiger partial charge in [0.1, 0.15) is 0 Å². The summed E-state index contributed by atoms with van der Waals surface area (Å²) in [5.74, 6) is 0. The number of urea groups is 1. The van der Waals surface area contributed by atoms with Gasteiger partial charge in [-0.05, 0) is 0 Å². The van der Waals surface area contributed by atoms with Gasteiger partial charge in [-0.15, -0.1) is 0 Å². The molecule has 1 heterocycles. The Bertz CT molecular complexity index is 96.0. The van der Waals surface area contributed by atoms with Crippen molar-refractivity contribution >= 4 is 6.03 Å². The van der Waals surface area contributed by atoms with Crippen molar-refractivity contribution in [3.8, 4) is 0 Å². The molecule has 0 aliphatic carbocycles. The Hall–Kier alpha value is -0.730. The highest BCUT2D eigenvalue weighted by Crippen LogP contribution is 1.88. The maximum atomic E-state index is 10.4. The summed E-state index contributed by atoms with van der Waals surface area (Å²) in [6, 6.07) is 0.0417. The van der Waals surface area contributed by atoms with Gasteiger partial charge in [-0.3, -0.25) is 0 Å². The lowest BCUT2D eigenvalue weighted by Crippen LogP contribution is -2.23. The number of nitrogens with one attached hydrogen (secondary N) is 1. The molecule has 0 atom stereocenters. The first-order valence-corrected chi connectivity index (χ1v) is 2.29. The van der Waals surface area contributed by atoms with Crippen molar-refractivity contribution in [2.45, 2.75) is 0 Å². The van der Waals surface area contributed by atoms with Crippen molar-refractivity contribution < 1.29 is 6.22 Å². The van der Waals surface area contributed by atoms with Crippen LogP contribution in [-0.4, -0.2) is 31.1 Å². The van der Waals surface area contributed by atoms with Crippen LogP contribution in [0.3, 0.4) is 0 Å². The van der Waals surface area contributed by atoms with Gasteiger partial charge in [-0.2, -0.15) is 0 Å². The van der Waals surface area contributed by atoms with Crippen molar-refractivity contribution in [2.24, 2.45) is 0 Å². The van der Waals surface area contributed by atoms with Gasteiger partial charge < -0.3 is 10.2 Å². The number of likely N-dealkylation sites (N-methyl/N-ethyl adjacent to an activating group) is 1. The summed E-state index contributed by atoms with van der Waals surface area (Å²) in [5, 5.41) is 2.66. The molecule has 0 bridgehead atoms. The lowest BCUT2D eigenvalue weighted by Gasteiger charge is -2.01. The van der Waals surface area contributed by atoms with Crippen molar-refractivity contribution in [3.05, 3.63) is 0 Å². The smallest absolute Gasteiger partial charge is 0.317 e. The van der Waals surface area contributed by atoms with Crippen molar-refractivity contribution in [1.29, 1.82) is 0 Å². The molecule has 2 amide bonds. The quantitative estimate of drug-likeness (QED) is 0.454. The number of nitrogens with zero attached hydrogens (tertiary/aromatic N) is 1. The molecule has 3 nitrogen and oxygen atoms in total. The van der Waals surface area contributed by atoms with Crippen LogP contribution in [0.15, 0.2) is 0 Å². The standard InChI is InChI=1S/C4H8N2O.H2/c1-6-3-2-5-4(6)7;/h2-3H2,1H3,(H,5,7);1H. The van der Waals surface area contributed by atoms with Gasteiger partial charge in [0.15, 0.2) is 0 Å². The monoisotopic (exact) mass is 102 g/mol. The molecule has 1 saturated heterocycles. The molecule has 1 aliphatic heterocycles. The minimum Gasteiger partial charge on any atom is -0.336 e. The van der Waals surface area contributed by atoms with E-state index in [1.54, 1.807) is 11.9 Å². The maximum Gasteiger partial charge on any atom is 0.317 e. The van der Waals surface area contributed by atoms with Gasteiger partial charge in [0, 0.05) is 21.6 Å². The number of carbonyl (C=O) groups is 1. The van der Waals surface area contributed by atoms with Crippen LogP contribution in [0.5, 0.6) is 0 Å². The van der Waals surface area contributed by atoms with Crippen molar-refractivity contribution in [2.75, 3.05) is 20.1 Å². The molecule has 0 aromatic carbocycles. The molecule has 0 spiro atoms. The minimum absolute atomic E-state index is 0. The number of hydrogen-bond acceptors (Lipinski definition) is 1. The SMILES string of the molecule is CN1CCNC1=O.[HH]. The zero-order valence-electron chi connectivity index (χ0n) is 4.27. The van der Waals surface area contributed by atoms with E-state index in [1.807, 2.05) is 0 Å². The van der Waals surface area contributed by atoms with E-state index in [-0.39, 0.29) is 7.46 Å². The highest BCUT2D eigenvalue weighted by Gasteiger charge is 2.12. The normalized spacial score (nSPS) is 20.1. The van der Waals surface area contributed by atoms with Gasteiger partial charge in [0.25, 0.3) is 0 Å². The highest BCUT2D eigenvalue weighted by molar-refractivity contribution is 5.75. The van der Waals surface area contributed by atoms with Gasteiger partial charge >= 0.3 is 6.03 Å². The second-order valence-corrected chi connectivity index (χ2v) is 1.65. The predicted octanol–water partition coefficient (Wildman–Crippen LogP) is -0.113. The van der Waals surface area contributed by atoms with E-state index in [1.165, 1.54) is 0 Å².